The maximum Gasteiger partial charge on any atom is 0.255 e. The molecule has 5 heteroatoms. The third kappa shape index (κ3) is 2.88. The lowest BCUT2D eigenvalue weighted by molar-refractivity contribution is 0.708. The van der Waals surface area contributed by atoms with E-state index in [2.05, 4.69) is 20.6 Å². The van der Waals surface area contributed by atoms with E-state index >= 15 is 0 Å². The monoisotopic (exact) mass is 270 g/mol. The number of fused-ring (bicyclic) bond motifs is 1. The van der Waals surface area contributed by atoms with E-state index in [4.69, 9.17) is 0 Å². The van der Waals surface area contributed by atoms with E-state index in [1.54, 1.807) is 0 Å². The first-order chi connectivity index (χ1) is 9.83. The minimum atomic E-state index is -0.0192. The quantitative estimate of drug-likeness (QED) is 0.780. The number of aromatic amines is 1. The molecule has 0 aliphatic carbocycles. The summed E-state index contributed by atoms with van der Waals surface area (Å²) in [7, 11) is 0. The minimum Gasteiger partial charge on any atom is -0.352 e. The van der Waals surface area contributed by atoms with Crippen molar-refractivity contribution in [2.45, 2.75) is 19.4 Å². The fourth-order valence-corrected chi connectivity index (χ4v) is 2.42. The molecule has 0 saturated carbocycles. The highest BCUT2D eigenvalue weighted by Gasteiger charge is 2.13. The van der Waals surface area contributed by atoms with Crippen LogP contribution in [0, 0.1) is 0 Å². The molecule has 0 saturated heterocycles. The van der Waals surface area contributed by atoms with E-state index in [1.807, 2.05) is 30.3 Å². The molecule has 1 aromatic heterocycles. The lowest BCUT2D eigenvalue weighted by Crippen LogP contribution is -2.21. The fourth-order valence-electron chi connectivity index (χ4n) is 2.42. The van der Waals surface area contributed by atoms with Crippen LogP contribution in [0.1, 0.15) is 16.8 Å². The molecule has 0 atom stereocenters. The minimum absolute atomic E-state index is 0.0192. The smallest absolute Gasteiger partial charge is 0.255 e. The fraction of sp³-hybridized carbons (Fsp3) is 0.333. The van der Waals surface area contributed by atoms with E-state index in [0.717, 1.165) is 42.8 Å². The largest absolute Gasteiger partial charge is 0.352 e. The Bertz CT molecular complexity index is 636. The van der Waals surface area contributed by atoms with Crippen LogP contribution in [0.25, 0.3) is 0 Å². The molecule has 0 fully saturated rings. The zero-order valence-electron chi connectivity index (χ0n) is 11.3. The summed E-state index contributed by atoms with van der Waals surface area (Å²) in [5.74, 6) is 0.555. The van der Waals surface area contributed by atoms with Crippen LogP contribution in [-0.2, 0) is 19.4 Å². The summed E-state index contributed by atoms with van der Waals surface area (Å²) in [5, 5.41) is 6.47. The van der Waals surface area contributed by atoms with Gasteiger partial charge < -0.3 is 10.6 Å². The van der Waals surface area contributed by atoms with E-state index in [0.29, 0.717) is 12.5 Å². The van der Waals surface area contributed by atoms with Gasteiger partial charge in [-0.25, -0.2) is 4.98 Å². The molecule has 104 valence electrons. The summed E-state index contributed by atoms with van der Waals surface area (Å²) in [4.78, 5) is 19.5. The number of nitrogens with zero attached hydrogens (tertiary/aromatic N) is 1. The Balaban J connectivity index is 1.79. The zero-order chi connectivity index (χ0) is 13.8. The molecule has 0 spiro atoms. The molecule has 3 N–H and O–H groups in total. The molecule has 1 aromatic carbocycles. The van der Waals surface area contributed by atoms with Crippen LogP contribution in [0.4, 0.5) is 5.95 Å². The van der Waals surface area contributed by atoms with Crippen molar-refractivity contribution in [2.24, 2.45) is 0 Å². The van der Waals surface area contributed by atoms with Gasteiger partial charge in [0.25, 0.3) is 5.56 Å². The number of aromatic nitrogens is 2. The molecule has 0 unspecified atom stereocenters. The maximum absolute atomic E-state index is 12.1. The number of nitrogens with one attached hydrogen (secondary N) is 3. The Labute approximate surface area is 117 Å². The SMILES string of the molecule is O=c1[nH]c(NCc2ccccc2)nc2c1CCNCC2. The highest BCUT2D eigenvalue weighted by molar-refractivity contribution is 5.32. The molecule has 1 aliphatic rings. The molecule has 2 aromatic rings. The number of hydrogen-bond acceptors (Lipinski definition) is 4. The summed E-state index contributed by atoms with van der Waals surface area (Å²) in [6.45, 7) is 2.37. The average molecular weight is 270 g/mol. The number of H-pyrrole nitrogens is 1. The predicted molar refractivity (Wildman–Crippen MR) is 78.9 cm³/mol. The van der Waals surface area contributed by atoms with Crippen LogP contribution in [0.2, 0.25) is 0 Å². The molecule has 2 heterocycles. The van der Waals surface area contributed by atoms with Crippen LogP contribution in [0.3, 0.4) is 0 Å². The standard InChI is InChI=1S/C15H18N4O/c20-14-12-6-8-16-9-7-13(12)18-15(19-14)17-10-11-4-2-1-3-5-11/h1-5,16H,6-10H2,(H2,17,18,19,20). The first kappa shape index (κ1) is 12.9. The topological polar surface area (TPSA) is 69.8 Å². The summed E-state index contributed by atoms with van der Waals surface area (Å²) in [6, 6.07) is 10.1. The summed E-state index contributed by atoms with van der Waals surface area (Å²) in [5.41, 5.74) is 2.87. The lowest BCUT2D eigenvalue weighted by Gasteiger charge is -2.09. The number of hydrogen-bond donors (Lipinski definition) is 3. The van der Waals surface area contributed by atoms with Gasteiger partial charge in [-0.1, -0.05) is 30.3 Å². The van der Waals surface area contributed by atoms with Gasteiger partial charge in [0.05, 0.1) is 5.69 Å². The van der Waals surface area contributed by atoms with Crippen molar-refractivity contribution in [3.8, 4) is 0 Å². The van der Waals surface area contributed by atoms with Gasteiger partial charge in [0, 0.05) is 25.1 Å². The number of benzene rings is 1. The normalized spacial score (nSPS) is 14.4. The van der Waals surface area contributed by atoms with Crippen LogP contribution < -0.4 is 16.2 Å². The van der Waals surface area contributed by atoms with Gasteiger partial charge in [0.1, 0.15) is 0 Å². The van der Waals surface area contributed by atoms with Gasteiger partial charge in [0.2, 0.25) is 5.95 Å². The molecule has 3 rings (SSSR count). The van der Waals surface area contributed by atoms with Crippen molar-refractivity contribution in [3.05, 3.63) is 57.5 Å². The van der Waals surface area contributed by atoms with Crippen LogP contribution in [0.15, 0.2) is 35.1 Å². The van der Waals surface area contributed by atoms with E-state index in [-0.39, 0.29) is 5.56 Å². The van der Waals surface area contributed by atoms with Gasteiger partial charge in [-0.05, 0) is 18.5 Å². The molecule has 0 amide bonds. The van der Waals surface area contributed by atoms with Crippen molar-refractivity contribution in [2.75, 3.05) is 18.4 Å². The second-order valence-corrected chi connectivity index (χ2v) is 4.93. The molecule has 0 bridgehead atoms. The molecule has 0 radical (unpaired) electrons. The van der Waals surface area contributed by atoms with E-state index in [9.17, 15) is 4.79 Å². The van der Waals surface area contributed by atoms with E-state index in [1.165, 1.54) is 0 Å². The molecule has 20 heavy (non-hydrogen) atoms. The lowest BCUT2D eigenvalue weighted by atomic mass is 10.1. The van der Waals surface area contributed by atoms with Crippen molar-refractivity contribution < 1.29 is 0 Å². The van der Waals surface area contributed by atoms with E-state index < -0.39 is 0 Å². The zero-order valence-corrected chi connectivity index (χ0v) is 11.3. The number of rotatable bonds is 3. The first-order valence-corrected chi connectivity index (χ1v) is 6.93. The highest BCUT2D eigenvalue weighted by Crippen LogP contribution is 2.09. The number of anilines is 1. The third-order valence-electron chi connectivity index (χ3n) is 3.49. The summed E-state index contributed by atoms with van der Waals surface area (Å²) < 4.78 is 0. The second kappa shape index (κ2) is 5.88. The third-order valence-corrected chi connectivity index (χ3v) is 3.49. The van der Waals surface area contributed by atoms with Crippen molar-refractivity contribution in [3.63, 3.8) is 0 Å². The Morgan fingerprint density at radius 3 is 2.80 bits per heavy atom. The van der Waals surface area contributed by atoms with Crippen molar-refractivity contribution in [1.29, 1.82) is 0 Å². The predicted octanol–water partition coefficient (Wildman–Crippen LogP) is 1.07. The van der Waals surface area contributed by atoms with Gasteiger partial charge in [-0.2, -0.15) is 0 Å². The van der Waals surface area contributed by atoms with Crippen molar-refractivity contribution in [1.82, 2.24) is 15.3 Å². The van der Waals surface area contributed by atoms with Crippen LogP contribution >= 0.6 is 0 Å². The van der Waals surface area contributed by atoms with Crippen LogP contribution in [0.5, 0.6) is 0 Å². The highest BCUT2D eigenvalue weighted by atomic mass is 16.1. The second-order valence-electron chi connectivity index (χ2n) is 4.93. The Kier molecular flexibility index (Phi) is 3.78. The maximum atomic E-state index is 12.1. The summed E-state index contributed by atoms with van der Waals surface area (Å²) >= 11 is 0. The Morgan fingerprint density at radius 1 is 1.15 bits per heavy atom. The van der Waals surface area contributed by atoms with Crippen molar-refractivity contribution >= 4 is 5.95 Å². The first-order valence-electron chi connectivity index (χ1n) is 6.93. The van der Waals surface area contributed by atoms with Crippen LogP contribution in [-0.4, -0.2) is 23.1 Å². The van der Waals surface area contributed by atoms with Gasteiger partial charge in [-0.3, -0.25) is 9.78 Å². The van der Waals surface area contributed by atoms with Gasteiger partial charge >= 0.3 is 0 Å². The molecular formula is C15H18N4O. The summed E-state index contributed by atoms with van der Waals surface area (Å²) in [6.07, 6.45) is 1.55. The Hall–Kier alpha value is -2.14. The molecular weight excluding hydrogens is 252 g/mol. The Morgan fingerprint density at radius 2 is 1.95 bits per heavy atom. The average Bonchev–Trinajstić information content (AvgIpc) is 2.72. The van der Waals surface area contributed by atoms with Gasteiger partial charge in [0.15, 0.2) is 0 Å². The molecule has 1 aliphatic heterocycles. The van der Waals surface area contributed by atoms with Gasteiger partial charge in [-0.15, -0.1) is 0 Å². The molecule has 5 nitrogen and oxygen atoms in total.